The summed E-state index contributed by atoms with van der Waals surface area (Å²) in [6.07, 6.45) is 7.79. The quantitative estimate of drug-likeness (QED) is 0.819. The zero-order valence-corrected chi connectivity index (χ0v) is 10.3. The monoisotopic (exact) mass is 244 g/mol. The van der Waals surface area contributed by atoms with Crippen LogP contribution >= 0.6 is 0 Å². The number of fused-ring (bicyclic) bond motifs is 1. The van der Waals surface area contributed by atoms with Crippen molar-refractivity contribution >= 4 is 11.0 Å². The van der Waals surface area contributed by atoms with Crippen LogP contribution in [0.3, 0.4) is 0 Å². The molecule has 2 aromatic rings. The van der Waals surface area contributed by atoms with E-state index in [4.69, 9.17) is 14.3 Å². The van der Waals surface area contributed by atoms with Crippen molar-refractivity contribution in [3.05, 3.63) is 54.3 Å². The van der Waals surface area contributed by atoms with Crippen LogP contribution in [0.15, 0.2) is 53.0 Å². The van der Waals surface area contributed by atoms with Crippen LogP contribution in [0, 0.1) is 0 Å². The molecule has 3 nitrogen and oxygen atoms in total. The van der Waals surface area contributed by atoms with Crippen molar-refractivity contribution in [2.75, 3.05) is 6.61 Å². The number of aliphatic hydroxyl groups is 1. The second kappa shape index (κ2) is 6.07. The topological polar surface area (TPSA) is 42.6 Å². The summed E-state index contributed by atoms with van der Waals surface area (Å²) in [6, 6.07) is 7.47. The van der Waals surface area contributed by atoms with Crippen LogP contribution in [-0.2, 0) is 6.61 Å². The van der Waals surface area contributed by atoms with E-state index in [0.29, 0.717) is 12.4 Å². The van der Waals surface area contributed by atoms with Crippen LogP contribution in [0.5, 0.6) is 5.75 Å². The first kappa shape index (κ1) is 12.5. The van der Waals surface area contributed by atoms with Gasteiger partial charge in [-0.1, -0.05) is 18.2 Å². The van der Waals surface area contributed by atoms with E-state index < -0.39 is 0 Å². The lowest BCUT2D eigenvalue weighted by molar-refractivity contribution is 0.251. The van der Waals surface area contributed by atoms with Gasteiger partial charge in [-0.05, 0) is 31.2 Å². The van der Waals surface area contributed by atoms with Gasteiger partial charge in [0.05, 0.1) is 0 Å². The van der Waals surface area contributed by atoms with Crippen LogP contribution < -0.4 is 4.74 Å². The molecule has 0 radical (unpaired) electrons. The molecule has 1 aromatic heterocycles. The van der Waals surface area contributed by atoms with Gasteiger partial charge in [0.15, 0.2) is 0 Å². The van der Waals surface area contributed by atoms with Crippen LogP contribution in [0.4, 0.5) is 0 Å². The van der Waals surface area contributed by atoms with Crippen molar-refractivity contribution < 1.29 is 14.3 Å². The summed E-state index contributed by atoms with van der Waals surface area (Å²) < 4.78 is 11.0. The maximum absolute atomic E-state index is 8.99. The normalized spacial score (nSPS) is 11.9. The van der Waals surface area contributed by atoms with E-state index in [1.165, 1.54) is 0 Å². The van der Waals surface area contributed by atoms with E-state index in [1.807, 2.05) is 55.5 Å². The number of aliphatic hydroxyl groups excluding tert-OH is 1. The molecule has 1 aromatic carbocycles. The van der Waals surface area contributed by atoms with Crippen molar-refractivity contribution in [2.24, 2.45) is 0 Å². The Kier molecular flexibility index (Phi) is 4.20. The molecular formula is C15H16O3. The molecule has 0 atom stereocenters. The van der Waals surface area contributed by atoms with Gasteiger partial charge in [-0.3, -0.25) is 0 Å². The molecule has 0 spiro atoms. The van der Waals surface area contributed by atoms with Gasteiger partial charge in [0.25, 0.3) is 0 Å². The van der Waals surface area contributed by atoms with Gasteiger partial charge in [-0.25, -0.2) is 0 Å². The second-order valence-electron chi connectivity index (χ2n) is 3.84. The van der Waals surface area contributed by atoms with E-state index in [2.05, 4.69) is 0 Å². The molecule has 0 aliphatic carbocycles. The molecule has 0 fully saturated rings. The Morgan fingerprint density at radius 2 is 2.17 bits per heavy atom. The molecule has 0 saturated heterocycles. The molecule has 0 bridgehead atoms. The molecule has 94 valence electrons. The van der Waals surface area contributed by atoms with Crippen molar-refractivity contribution in [1.29, 1.82) is 0 Å². The summed E-state index contributed by atoms with van der Waals surface area (Å²) in [5, 5.41) is 9.96. The molecule has 0 amide bonds. The van der Waals surface area contributed by atoms with Gasteiger partial charge in [0.2, 0.25) is 0 Å². The molecule has 2 rings (SSSR count). The van der Waals surface area contributed by atoms with E-state index in [-0.39, 0.29) is 6.61 Å². The van der Waals surface area contributed by atoms with Gasteiger partial charge in [0.1, 0.15) is 30.3 Å². The Labute approximate surface area is 106 Å². The number of hydrogen-bond acceptors (Lipinski definition) is 3. The third-order valence-electron chi connectivity index (χ3n) is 2.48. The number of benzene rings is 1. The summed E-state index contributed by atoms with van der Waals surface area (Å²) in [5.41, 5.74) is 0.731. The highest BCUT2D eigenvalue weighted by Crippen LogP contribution is 2.24. The average molecular weight is 244 g/mol. The van der Waals surface area contributed by atoms with Gasteiger partial charge in [-0.2, -0.15) is 0 Å². The van der Waals surface area contributed by atoms with Gasteiger partial charge in [0, 0.05) is 11.5 Å². The Bertz CT molecular complexity index is 564. The lowest BCUT2D eigenvalue weighted by atomic mass is 10.2. The second-order valence-corrected chi connectivity index (χ2v) is 3.84. The van der Waals surface area contributed by atoms with Crippen molar-refractivity contribution in [2.45, 2.75) is 13.5 Å². The van der Waals surface area contributed by atoms with Gasteiger partial charge < -0.3 is 14.3 Å². The highest BCUT2D eigenvalue weighted by Gasteiger charge is 2.03. The summed E-state index contributed by atoms with van der Waals surface area (Å²) in [6.45, 7) is 2.40. The average Bonchev–Trinajstić information content (AvgIpc) is 2.80. The van der Waals surface area contributed by atoms with Crippen LogP contribution in [0.2, 0.25) is 0 Å². The van der Waals surface area contributed by atoms with E-state index in [1.54, 1.807) is 0 Å². The molecule has 1 heterocycles. The zero-order valence-electron chi connectivity index (χ0n) is 10.3. The smallest absolute Gasteiger partial charge is 0.138 e. The predicted molar refractivity (Wildman–Crippen MR) is 71.6 cm³/mol. The maximum Gasteiger partial charge on any atom is 0.138 e. The fraction of sp³-hybridized carbons (Fsp3) is 0.200. The largest absolute Gasteiger partial charge is 0.489 e. The first-order chi connectivity index (χ1) is 8.83. The van der Waals surface area contributed by atoms with Gasteiger partial charge >= 0.3 is 0 Å². The minimum absolute atomic E-state index is 0.0863. The fourth-order valence-electron chi connectivity index (χ4n) is 1.62. The molecule has 0 saturated carbocycles. The van der Waals surface area contributed by atoms with Crippen molar-refractivity contribution in [3.8, 4) is 5.75 Å². The fourth-order valence-corrected chi connectivity index (χ4v) is 1.62. The Balaban J connectivity index is 2.05. The van der Waals surface area contributed by atoms with Crippen molar-refractivity contribution in [1.82, 2.24) is 0 Å². The zero-order chi connectivity index (χ0) is 12.8. The van der Waals surface area contributed by atoms with Crippen molar-refractivity contribution in [3.63, 3.8) is 0 Å². The standard InChI is InChI=1S/C15H16O3/c1-2-3-4-5-8-17-13-7-6-12-9-14(11-16)18-15(12)10-13/h2-7,9-10,16H,8,11H2,1H3/b3-2-,5-4-. The lowest BCUT2D eigenvalue weighted by Gasteiger charge is -2.01. The van der Waals surface area contributed by atoms with Crippen LogP contribution in [0.25, 0.3) is 11.0 Å². The lowest BCUT2D eigenvalue weighted by Crippen LogP contribution is -1.92. The minimum atomic E-state index is -0.0863. The van der Waals surface area contributed by atoms with Crippen LogP contribution in [-0.4, -0.2) is 11.7 Å². The van der Waals surface area contributed by atoms with Crippen LogP contribution in [0.1, 0.15) is 12.7 Å². The summed E-state index contributed by atoms with van der Waals surface area (Å²) >= 11 is 0. The summed E-state index contributed by atoms with van der Waals surface area (Å²) in [5.74, 6) is 1.32. The first-order valence-corrected chi connectivity index (χ1v) is 5.87. The number of hydrogen-bond donors (Lipinski definition) is 1. The molecule has 0 aliphatic heterocycles. The SMILES string of the molecule is C/C=C\C=C/COc1ccc2cc(CO)oc2c1. The first-order valence-electron chi connectivity index (χ1n) is 5.87. The molecular weight excluding hydrogens is 228 g/mol. The summed E-state index contributed by atoms with van der Waals surface area (Å²) in [7, 11) is 0. The Morgan fingerprint density at radius 3 is 2.94 bits per heavy atom. The summed E-state index contributed by atoms with van der Waals surface area (Å²) in [4.78, 5) is 0. The molecule has 0 unspecified atom stereocenters. The number of ether oxygens (including phenoxy) is 1. The number of rotatable bonds is 5. The predicted octanol–water partition coefficient (Wildman–Crippen LogP) is 3.44. The third-order valence-corrected chi connectivity index (χ3v) is 2.48. The van der Waals surface area contributed by atoms with Gasteiger partial charge in [-0.15, -0.1) is 0 Å². The van der Waals surface area contributed by atoms with E-state index in [0.717, 1.165) is 16.7 Å². The molecule has 0 aliphatic rings. The molecule has 1 N–H and O–H groups in total. The number of allylic oxidation sites excluding steroid dienone is 3. The Morgan fingerprint density at radius 1 is 1.28 bits per heavy atom. The third kappa shape index (κ3) is 3.02. The van der Waals surface area contributed by atoms with E-state index >= 15 is 0 Å². The maximum atomic E-state index is 8.99. The highest BCUT2D eigenvalue weighted by atomic mass is 16.5. The number of furan rings is 1. The molecule has 3 heteroatoms. The van der Waals surface area contributed by atoms with E-state index in [9.17, 15) is 0 Å². The highest BCUT2D eigenvalue weighted by molar-refractivity contribution is 5.79. The molecule has 18 heavy (non-hydrogen) atoms. The minimum Gasteiger partial charge on any atom is -0.489 e. The Hall–Kier alpha value is -2.00.